The van der Waals surface area contributed by atoms with E-state index in [1.807, 2.05) is 20.8 Å². The molecule has 2 fully saturated rings. The zero-order chi connectivity index (χ0) is 17.6. The van der Waals surface area contributed by atoms with E-state index >= 15 is 0 Å². The molecule has 146 valence electrons. The molecule has 0 aliphatic carbocycles. The standard InChI is InChI=1S/C17H32N4O3.HI/c1-5-18-14(19-8-9-20-15(22)24-16(2,3)4)21-10-6-17(12-21)7-11-23-13-17;/h5-13H2,1-4H3,(H,18,19)(H,20,22);1H. The van der Waals surface area contributed by atoms with Gasteiger partial charge in [0.05, 0.1) is 13.2 Å². The van der Waals surface area contributed by atoms with Crippen LogP contribution in [0.15, 0.2) is 4.99 Å². The van der Waals surface area contributed by atoms with E-state index < -0.39 is 11.7 Å². The van der Waals surface area contributed by atoms with Crippen molar-refractivity contribution >= 4 is 36.0 Å². The van der Waals surface area contributed by atoms with Crippen LogP contribution in [0.25, 0.3) is 0 Å². The molecule has 8 heteroatoms. The van der Waals surface area contributed by atoms with Gasteiger partial charge in [-0.05, 0) is 40.5 Å². The molecule has 0 saturated carbocycles. The first-order chi connectivity index (χ1) is 11.3. The summed E-state index contributed by atoms with van der Waals surface area (Å²) in [5, 5.41) is 6.09. The number of nitrogens with zero attached hydrogens (tertiary/aromatic N) is 2. The molecule has 1 spiro atoms. The third-order valence-electron chi connectivity index (χ3n) is 4.30. The van der Waals surface area contributed by atoms with E-state index in [1.165, 1.54) is 0 Å². The lowest BCUT2D eigenvalue weighted by Crippen LogP contribution is -2.42. The number of ether oxygens (including phenoxy) is 2. The van der Waals surface area contributed by atoms with Gasteiger partial charge >= 0.3 is 6.09 Å². The summed E-state index contributed by atoms with van der Waals surface area (Å²) in [7, 11) is 0. The van der Waals surface area contributed by atoms with Crippen molar-refractivity contribution in [3.05, 3.63) is 0 Å². The van der Waals surface area contributed by atoms with E-state index in [1.54, 1.807) is 0 Å². The summed E-state index contributed by atoms with van der Waals surface area (Å²) < 4.78 is 10.8. The topological polar surface area (TPSA) is 75.2 Å². The Kier molecular flexibility index (Phi) is 8.73. The number of guanidine groups is 1. The fraction of sp³-hybridized carbons (Fsp3) is 0.882. The summed E-state index contributed by atoms with van der Waals surface area (Å²) >= 11 is 0. The van der Waals surface area contributed by atoms with E-state index in [2.05, 4.69) is 27.4 Å². The van der Waals surface area contributed by atoms with Crippen LogP contribution >= 0.6 is 24.0 Å². The Bertz CT molecular complexity index is 459. The number of alkyl carbamates (subject to hydrolysis) is 1. The highest BCUT2D eigenvalue weighted by molar-refractivity contribution is 14.0. The quantitative estimate of drug-likeness (QED) is 0.287. The van der Waals surface area contributed by atoms with E-state index in [4.69, 9.17) is 9.47 Å². The summed E-state index contributed by atoms with van der Waals surface area (Å²) in [6.07, 6.45) is 1.90. The van der Waals surface area contributed by atoms with Crippen molar-refractivity contribution in [1.82, 2.24) is 15.5 Å². The minimum absolute atomic E-state index is 0. The van der Waals surface area contributed by atoms with E-state index in [9.17, 15) is 4.79 Å². The van der Waals surface area contributed by atoms with Crippen LogP contribution in [0.3, 0.4) is 0 Å². The number of halogens is 1. The van der Waals surface area contributed by atoms with Crippen LogP contribution in [0, 0.1) is 5.41 Å². The van der Waals surface area contributed by atoms with Crippen molar-refractivity contribution in [3.63, 3.8) is 0 Å². The zero-order valence-electron chi connectivity index (χ0n) is 15.9. The van der Waals surface area contributed by atoms with Crippen molar-refractivity contribution < 1.29 is 14.3 Å². The Morgan fingerprint density at radius 2 is 2.08 bits per heavy atom. The van der Waals surface area contributed by atoms with Gasteiger partial charge in [-0.2, -0.15) is 0 Å². The van der Waals surface area contributed by atoms with Gasteiger partial charge in [-0.25, -0.2) is 4.79 Å². The first-order valence-corrected chi connectivity index (χ1v) is 8.91. The van der Waals surface area contributed by atoms with E-state index in [0.29, 0.717) is 18.5 Å². The minimum Gasteiger partial charge on any atom is -0.444 e. The Morgan fingerprint density at radius 1 is 1.32 bits per heavy atom. The summed E-state index contributed by atoms with van der Waals surface area (Å²) in [5.41, 5.74) is -0.166. The summed E-state index contributed by atoms with van der Waals surface area (Å²) in [6, 6.07) is 0. The number of amides is 1. The minimum atomic E-state index is -0.477. The van der Waals surface area contributed by atoms with Gasteiger partial charge in [0.1, 0.15) is 5.60 Å². The van der Waals surface area contributed by atoms with E-state index in [0.717, 1.165) is 51.6 Å². The predicted octanol–water partition coefficient (Wildman–Crippen LogP) is 2.21. The highest BCUT2D eigenvalue weighted by Crippen LogP contribution is 2.38. The molecule has 0 aromatic carbocycles. The summed E-state index contributed by atoms with van der Waals surface area (Å²) in [4.78, 5) is 18.6. The lowest BCUT2D eigenvalue weighted by atomic mass is 9.87. The van der Waals surface area contributed by atoms with Crippen LogP contribution in [0.5, 0.6) is 0 Å². The third kappa shape index (κ3) is 7.16. The monoisotopic (exact) mass is 468 g/mol. The number of likely N-dealkylation sites (tertiary alicyclic amines) is 1. The van der Waals surface area contributed by atoms with Gasteiger partial charge in [-0.15, -0.1) is 24.0 Å². The highest BCUT2D eigenvalue weighted by atomic mass is 127. The zero-order valence-corrected chi connectivity index (χ0v) is 18.2. The van der Waals surface area contributed by atoms with Crippen LogP contribution in [0.1, 0.15) is 40.5 Å². The largest absolute Gasteiger partial charge is 0.444 e. The maximum absolute atomic E-state index is 11.6. The van der Waals surface area contributed by atoms with Crippen LogP contribution in [-0.2, 0) is 9.47 Å². The van der Waals surface area contributed by atoms with Crippen molar-refractivity contribution in [3.8, 4) is 0 Å². The van der Waals surface area contributed by atoms with Gasteiger partial charge in [-0.1, -0.05) is 0 Å². The Hall–Kier alpha value is -0.770. The average Bonchev–Trinajstić information content (AvgIpc) is 3.11. The first-order valence-electron chi connectivity index (χ1n) is 8.91. The molecule has 0 radical (unpaired) electrons. The molecule has 2 N–H and O–H groups in total. The molecule has 0 aromatic heterocycles. The van der Waals surface area contributed by atoms with Crippen LogP contribution in [0.2, 0.25) is 0 Å². The molecule has 1 atom stereocenters. The molecule has 1 amide bonds. The van der Waals surface area contributed by atoms with Crippen LogP contribution in [-0.4, -0.2) is 68.5 Å². The lowest BCUT2D eigenvalue weighted by molar-refractivity contribution is 0.0529. The van der Waals surface area contributed by atoms with Gasteiger partial charge in [0.2, 0.25) is 0 Å². The number of nitrogens with one attached hydrogen (secondary N) is 2. The molecular weight excluding hydrogens is 435 g/mol. The molecular formula is C17H33IN4O3. The van der Waals surface area contributed by atoms with E-state index in [-0.39, 0.29) is 24.0 Å². The lowest BCUT2D eigenvalue weighted by Gasteiger charge is -2.25. The maximum atomic E-state index is 11.6. The molecule has 2 rings (SSSR count). The Labute approximate surface area is 168 Å². The maximum Gasteiger partial charge on any atom is 0.407 e. The molecule has 0 bridgehead atoms. The first kappa shape index (κ1) is 22.3. The third-order valence-corrected chi connectivity index (χ3v) is 4.30. The molecule has 7 nitrogen and oxygen atoms in total. The van der Waals surface area contributed by atoms with Crippen LogP contribution < -0.4 is 10.6 Å². The number of hydrogen-bond acceptors (Lipinski definition) is 4. The second-order valence-corrected chi connectivity index (χ2v) is 7.64. The molecule has 25 heavy (non-hydrogen) atoms. The number of hydrogen-bond donors (Lipinski definition) is 2. The van der Waals surface area contributed by atoms with Crippen molar-refractivity contribution in [2.75, 3.05) is 45.9 Å². The van der Waals surface area contributed by atoms with Gasteiger partial charge in [-0.3, -0.25) is 4.99 Å². The molecule has 2 aliphatic rings. The Balaban J connectivity index is 0.00000312. The molecule has 2 saturated heterocycles. The number of carbonyl (C=O) groups excluding carboxylic acids is 1. The normalized spacial score (nSPS) is 23.5. The van der Waals surface area contributed by atoms with Crippen molar-refractivity contribution in [2.24, 2.45) is 10.4 Å². The average molecular weight is 468 g/mol. The van der Waals surface area contributed by atoms with Crippen LogP contribution in [0.4, 0.5) is 4.79 Å². The molecule has 0 aromatic rings. The second kappa shape index (κ2) is 9.80. The SMILES string of the molecule is CCNC(=NCCNC(=O)OC(C)(C)C)N1CCC2(CCOC2)C1.I. The Morgan fingerprint density at radius 3 is 2.68 bits per heavy atom. The van der Waals surface area contributed by atoms with Gasteiger partial charge < -0.3 is 25.0 Å². The molecule has 2 heterocycles. The fourth-order valence-electron chi connectivity index (χ4n) is 3.15. The number of aliphatic imine (C=N–C) groups is 1. The van der Waals surface area contributed by atoms with Crippen molar-refractivity contribution in [1.29, 1.82) is 0 Å². The van der Waals surface area contributed by atoms with Gasteiger partial charge in [0.15, 0.2) is 5.96 Å². The molecule has 1 unspecified atom stereocenters. The predicted molar refractivity (Wildman–Crippen MR) is 110 cm³/mol. The van der Waals surface area contributed by atoms with Gasteiger partial charge in [0.25, 0.3) is 0 Å². The van der Waals surface area contributed by atoms with Gasteiger partial charge in [0, 0.05) is 38.2 Å². The summed E-state index contributed by atoms with van der Waals surface area (Å²) in [6.45, 7) is 13.2. The molecule has 2 aliphatic heterocycles. The highest BCUT2D eigenvalue weighted by Gasteiger charge is 2.42. The number of carbonyl (C=O) groups is 1. The smallest absolute Gasteiger partial charge is 0.407 e. The number of rotatable bonds is 4. The van der Waals surface area contributed by atoms with Crippen molar-refractivity contribution in [2.45, 2.75) is 46.1 Å². The second-order valence-electron chi connectivity index (χ2n) is 7.64. The fourth-order valence-corrected chi connectivity index (χ4v) is 3.15. The summed E-state index contributed by atoms with van der Waals surface area (Å²) in [5.74, 6) is 0.923.